The van der Waals surface area contributed by atoms with Gasteiger partial charge in [0.2, 0.25) is 11.2 Å². The van der Waals surface area contributed by atoms with Crippen molar-refractivity contribution in [3.8, 4) is 5.88 Å². The first-order chi connectivity index (χ1) is 5.83. The Hall–Kier alpha value is -0.830. The Labute approximate surface area is 76.7 Å². The van der Waals surface area contributed by atoms with Crippen molar-refractivity contribution >= 4 is 11.6 Å². The predicted octanol–water partition coefficient (Wildman–Crippen LogP) is 2.31. The SMILES string of the molecule is CCCCOc1ccnc(Cl)n1. The smallest absolute Gasteiger partial charge is 0.225 e. The molecular formula is C8H11ClN2O. The normalized spacial score (nSPS) is 9.83. The van der Waals surface area contributed by atoms with Crippen LogP contribution in [0.2, 0.25) is 5.28 Å². The molecule has 0 saturated carbocycles. The zero-order chi connectivity index (χ0) is 8.81. The molecule has 0 N–H and O–H groups in total. The highest BCUT2D eigenvalue weighted by Crippen LogP contribution is 2.08. The van der Waals surface area contributed by atoms with Gasteiger partial charge >= 0.3 is 0 Å². The van der Waals surface area contributed by atoms with Crippen LogP contribution in [0.15, 0.2) is 12.3 Å². The van der Waals surface area contributed by atoms with Crippen molar-refractivity contribution in [2.24, 2.45) is 0 Å². The molecule has 0 aliphatic rings. The topological polar surface area (TPSA) is 35.0 Å². The van der Waals surface area contributed by atoms with Crippen LogP contribution in [0, 0.1) is 0 Å². The van der Waals surface area contributed by atoms with Crippen molar-refractivity contribution in [1.29, 1.82) is 0 Å². The zero-order valence-electron chi connectivity index (χ0n) is 6.96. The van der Waals surface area contributed by atoms with Gasteiger partial charge in [0.25, 0.3) is 0 Å². The monoisotopic (exact) mass is 186 g/mol. The number of hydrogen-bond donors (Lipinski definition) is 0. The number of halogens is 1. The van der Waals surface area contributed by atoms with E-state index in [0.29, 0.717) is 12.5 Å². The molecule has 0 saturated heterocycles. The Morgan fingerprint density at radius 2 is 2.42 bits per heavy atom. The first-order valence-corrected chi connectivity index (χ1v) is 4.32. The van der Waals surface area contributed by atoms with E-state index in [0.717, 1.165) is 12.8 Å². The van der Waals surface area contributed by atoms with E-state index < -0.39 is 0 Å². The number of rotatable bonds is 4. The molecule has 0 amide bonds. The van der Waals surface area contributed by atoms with Crippen LogP contribution >= 0.6 is 11.6 Å². The summed E-state index contributed by atoms with van der Waals surface area (Å²) in [5.41, 5.74) is 0. The standard InChI is InChI=1S/C8H11ClN2O/c1-2-3-6-12-7-4-5-10-8(9)11-7/h4-5H,2-3,6H2,1H3. The Morgan fingerprint density at radius 1 is 1.58 bits per heavy atom. The Kier molecular flexibility index (Phi) is 3.80. The molecule has 0 aromatic carbocycles. The van der Waals surface area contributed by atoms with Gasteiger partial charge < -0.3 is 4.74 Å². The van der Waals surface area contributed by atoms with Crippen LogP contribution in [-0.2, 0) is 0 Å². The maximum absolute atomic E-state index is 5.56. The molecule has 1 aromatic heterocycles. The minimum absolute atomic E-state index is 0.226. The molecule has 1 rings (SSSR count). The molecule has 1 heterocycles. The molecule has 1 aromatic rings. The average molecular weight is 187 g/mol. The second-order valence-electron chi connectivity index (χ2n) is 2.37. The summed E-state index contributed by atoms with van der Waals surface area (Å²) >= 11 is 5.56. The van der Waals surface area contributed by atoms with Gasteiger partial charge in [-0.3, -0.25) is 0 Å². The van der Waals surface area contributed by atoms with E-state index in [2.05, 4.69) is 16.9 Å². The first-order valence-electron chi connectivity index (χ1n) is 3.94. The molecule has 0 spiro atoms. The van der Waals surface area contributed by atoms with E-state index in [1.54, 1.807) is 12.3 Å². The number of ether oxygens (including phenoxy) is 1. The molecule has 66 valence electrons. The number of hydrogen-bond acceptors (Lipinski definition) is 3. The van der Waals surface area contributed by atoms with Crippen LogP contribution in [0.25, 0.3) is 0 Å². The average Bonchev–Trinajstić information content (AvgIpc) is 2.05. The highest BCUT2D eigenvalue weighted by atomic mass is 35.5. The van der Waals surface area contributed by atoms with E-state index >= 15 is 0 Å². The van der Waals surface area contributed by atoms with Crippen LogP contribution in [0.3, 0.4) is 0 Å². The lowest BCUT2D eigenvalue weighted by Gasteiger charge is -2.02. The lowest BCUT2D eigenvalue weighted by molar-refractivity contribution is 0.297. The molecule has 0 bridgehead atoms. The number of unbranched alkanes of at least 4 members (excludes halogenated alkanes) is 1. The molecule has 3 nitrogen and oxygen atoms in total. The van der Waals surface area contributed by atoms with Gasteiger partial charge in [-0.15, -0.1) is 0 Å². The third kappa shape index (κ3) is 3.05. The molecule has 0 radical (unpaired) electrons. The van der Waals surface area contributed by atoms with E-state index in [1.165, 1.54) is 0 Å². The van der Waals surface area contributed by atoms with Crippen LogP contribution in [0.1, 0.15) is 19.8 Å². The second kappa shape index (κ2) is 4.93. The summed E-state index contributed by atoms with van der Waals surface area (Å²) in [6.45, 7) is 2.79. The lowest BCUT2D eigenvalue weighted by Crippen LogP contribution is -1.98. The fraction of sp³-hybridized carbons (Fsp3) is 0.500. The zero-order valence-corrected chi connectivity index (χ0v) is 7.71. The third-order valence-corrected chi connectivity index (χ3v) is 1.53. The van der Waals surface area contributed by atoms with Crippen molar-refractivity contribution in [2.45, 2.75) is 19.8 Å². The highest BCUT2D eigenvalue weighted by Gasteiger charge is 1.95. The van der Waals surface area contributed by atoms with Gasteiger partial charge in [-0.1, -0.05) is 13.3 Å². The summed E-state index contributed by atoms with van der Waals surface area (Å²) in [6, 6.07) is 1.70. The van der Waals surface area contributed by atoms with Crippen molar-refractivity contribution in [3.05, 3.63) is 17.5 Å². The fourth-order valence-corrected chi connectivity index (χ4v) is 0.861. The van der Waals surface area contributed by atoms with E-state index in [9.17, 15) is 0 Å². The molecule has 0 aliphatic heterocycles. The number of nitrogens with zero attached hydrogens (tertiary/aromatic N) is 2. The Bertz CT molecular complexity index is 242. The van der Waals surface area contributed by atoms with Crippen molar-refractivity contribution in [2.75, 3.05) is 6.61 Å². The van der Waals surface area contributed by atoms with Gasteiger partial charge in [-0.05, 0) is 18.0 Å². The summed E-state index contributed by atoms with van der Waals surface area (Å²) in [6.07, 6.45) is 3.72. The van der Waals surface area contributed by atoms with Crippen LogP contribution in [0.4, 0.5) is 0 Å². The highest BCUT2D eigenvalue weighted by molar-refractivity contribution is 6.28. The van der Waals surface area contributed by atoms with Gasteiger partial charge in [-0.25, -0.2) is 4.98 Å². The lowest BCUT2D eigenvalue weighted by atomic mass is 10.4. The maximum Gasteiger partial charge on any atom is 0.225 e. The van der Waals surface area contributed by atoms with Gasteiger partial charge in [0.05, 0.1) is 6.61 Å². The summed E-state index contributed by atoms with van der Waals surface area (Å²) in [5, 5.41) is 0.226. The van der Waals surface area contributed by atoms with Gasteiger partial charge in [-0.2, -0.15) is 4.98 Å². The van der Waals surface area contributed by atoms with Gasteiger partial charge in [0.1, 0.15) is 0 Å². The van der Waals surface area contributed by atoms with E-state index in [4.69, 9.17) is 16.3 Å². The van der Waals surface area contributed by atoms with E-state index in [-0.39, 0.29) is 5.28 Å². The van der Waals surface area contributed by atoms with Crippen molar-refractivity contribution < 1.29 is 4.74 Å². The maximum atomic E-state index is 5.56. The first kappa shape index (κ1) is 9.26. The summed E-state index contributed by atoms with van der Waals surface area (Å²) < 4.78 is 5.29. The minimum Gasteiger partial charge on any atom is -0.478 e. The minimum atomic E-state index is 0.226. The Morgan fingerprint density at radius 3 is 3.08 bits per heavy atom. The summed E-state index contributed by atoms with van der Waals surface area (Å²) in [4.78, 5) is 7.62. The van der Waals surface area contributed by atoms with E-state index in [1.807, 2.05) is 0 Å². The molecule has 0 aliphatic carbocycles. The van der Waals surface area contributed by atoms with Crippen molar-refractivity contribution in [1.82, 2.24) is 9.97 Å². The van der Waals surface area contributed by atoms with Crippen LogP contribution in [0.5, 0.6) is 5.88 Å². The molecule has 0 unspecified atom stereocenters. The van der Waals surface area contributed by atoms with Crippen LogP contribution in [-0.4, -0.2) is 16.6 Å². The predicted molar refractivity (Wildman–Crippen MR) is 47.4 cm³/mol. The summed E-state index contributed by atoms with van der Waals surface area (Å²) in [5.74, 6) is 0.545. The molecule has 0 fully saturated rings. The third-order valence-electron chi connectivity index (χ3n) is 1.35. The fourth-order valence-electron chi connectivity index (χ4n) is 0.721. The quantitative estimate of drug-likeness (QED) is 0.535. The summed E-state index contributed by atoms with van der Waals surface area (Å²) in [7, 11) is 0. The molecule has 4 heteroatoms. The largest absolute Gasteiger partial charge is 0.478 e. The molecular weight excluding hydrogens is 176 g/mol. The second-order valence-corrected chi connectivity index (χ2v) is 2.70. The van der Waals surface area contributed by atoms with Gasteiger partial charge in [0, 0.05) is 12.3 Å². The Balaban J connectivity index is 2.41. The van der Waals surface area contributed by atoms with Gasteiger partial charge in [0.15, 0.2) is 0 Å². The van der Waals surface area contributed by atoms with Crippen LogP contribution < -0.4 is 4.74 Å². The number of aromatic nitrogens is 2. The molecule has 12 heavy (non-hydrogen) atoms. The molecule has 0 atom stereocenters. The van der Waals surface area contributed by atoms with Crippen molar-refractivity contribution in [3.63, 3.8) is 0 Å².